The number of nitrogens with zero attached hydrogens (tertiary/aromatic N) is 1. The Morgan fingerprint density at radius 3 is 2.08 bits per heavy atom. The van der Waals surface area contributed by atoms with Crippen molar-refractivity contribution in [2.45, 2.75) is 37.5 Å². The molecule has 1 heterocycles. The number of aryl methyl sites for hydroxylation is 1. The molecule has 2 aromatic carbocycles. The summed E-state index contributed by atoms with van der Waals surface area (Å²) in [5.41, 5.74) is 2.25. The topological polar surface area (TPSA) is 37.4 Å². The van der Waals surface area contributed by atoms with Gasteiger partial charge in [-0.05, 0) is 67.0 Å². The summed E-state index contributed by atoms with van der Waals surface area (Å²) in [7, 11) is -3.41. The summed E-state index contributed by atoms with van der Waals surface area (Å²) >= 11 is 0. The van der Waals surface area contributed by atoms with Crippen molar-refractivity contribution in [1.29, 1.82) is 0 Å². The zero-order valence-electron chi connectivity index (χ0n) is 14.5. The molecular weight excluding hydrogens is 337 g/mol. The molecule has 5 heteroatoms. The van der Waals surface area contributed by atoms with Gasteiger partial charge in [-0.3, -0.25) is 0 Å². The van der Waals surface area contributed by atoms with Crippen LogP contribution < -0.4 is 0 Å². The monoisotopic (exact) mass is 361 g/mol. The first-order valence-corrected chi connectivity index (χ1v) is 10.3. The summed E-state index contributed by atoms with van der Waals surface area (Å²) in [6.45, 7) is 3.14. The number of piperidine rings is 1. The Bertz CT molecular complexity index is 793. The van der Waals surface area contributed by atoms with Crippen LogP contribution in [0.2, 0.25) is 0 Å². The minimum Gasteiger partial charge on any atom is -0.207 e. The molecule has 3 rings (SSSR count). The van der Waals surface area contributed by atoms with Crippen molar-refractivity contribution in [2.75, 3.05) is 13.1 Å². The molecule has 1 fully saturated rings. The SMILES string of the molecule is CCc1ccc(S(=O)(=O)N2CCC(Cc3ccc(F)cc3)CC2)cc1. The number of rotatable bonds is 5. The molecule has 0 aromatic heterocycles. The smallest absolute Gasteiger partial charge is 0.207 e. The predicted octanol–water partition coefficient (Wildman–Crippen LogP) is 4.03. The van der Waals surface area contributed by atoms with Gasteiger partial charge in [0.25, 0.3) is 0 Å². The van der Waals surface area contributed by atoms with E-state index in [-0.39, 0.29) is 5.82 Å². The van der Waals surface area contributed by atoms with Gasteiger partial charge in [-0.25, -0.2) is 12.8 Å². The fourth-order valence-corrected chi connectivity index (χ4v) is 4.82. The predicted molar refractivity (Wildman–Crippen MR) is 97.4 cm³/mol. The molecule has 0 atom stereocenters. The van der Waals surface area contributed by atoms with Crippen LogP contribution in [0, 0.1) is 11.7 Å². The molecule has 0 saturated carbocycles. The lowest BCUT2D eigenvalue weighted by atomic mass is 9.91. The van der Waals surface area contributed by atoms with E-state index in [2.05, 4.69) is 6.92 Å². The lowest BCUT2D eigenvalue weighted by Gasteiger charge is -2.31. The second-order valence-corrected chi connectivity index (χ2v) is 8.61. The molecule has 0 amide bonds. The Kier molecular flexibility index (Phi) is 5.54. The van der Waals surface area contributed by atoms with Crippen LogP contribution in [-0.4, -0.2) is 25.8 Å². The molecular formula is C20H24FNO2S. The third-order valence-electron chi connectivity index (χ3n) is 4.98. The van der Waals surface area contributed by atoms with Gasteiger partial charge in [-0.15, -0.1) is 0 Å². The first-order valence-electron chi connectivity index (χ1n) is 8.82. The minimum atomic E-state index is -3.41. The molecule has 0 N–H and O–H groups in total. The summed E-state index contributed by atoms with van der Waals surface area (Å²) < 4.78 is 40.1. The van der Waals surface area contributed by atoms with Crippen molar-refractivity contribution >= 4 is 10.0 Å². The Hall–Kier alpha value is -1.72. The van der Waals surface area contributed by atoms with Crippen LogP contribution in [0.15, 0.2) is 53.4 Å². The molecule has 0 aliphatic carbocycles. The number of hydrogen-bond acceptors (Lipinski definition) is 2. The Labute approximate surface area is 149 Å². The van der Waals surface area contributed by atoms with Crippen LogP contribution in [0.1, 0.15) is 30.9 Å². The zero-order chi connectivity index (χ0) is 17.9. The van der Waals surface area contributed by atoms with Crippen LogP contribution in [0.3, 0.4) is 0 Å². The lowest BCUT2D eigenvalue weighted by Crippen LogP contribution is -2.38. The molecule has 2 aromatic rings. The van der Waals surface area contributed by atoms with E-state index in [1.54, 1.807) is 16.4 Å². The van der Waals surface area contributed by atoms with E-state index in [1.165, 1.54) is 12.1 Å². The standard InChI is InChI=1S/C20H24FNO2S/c1-2-16-5-9-20(10-6-16)25(23,24)22-13-11-18(12-14-22)15-17-3-7-19(21)8-4-17/h3-10,18H,2,11-15H2,1H3. The molecule has 1 aliphatic rings. The molecule has 0 bridgehead atoms. The third-order valence-corrected chi connectivity index (χ3v) is 6.89. The van der Waals surface area contributed by atoms with Gasteiger partial charge in [0.15, 0.2) is 0 Å². The summed E-state index contributed by atoms with van der Waals surface area (Å²) in [6, 6.07) is 13.8. The summed E-state index contributed by atoms with van der Waals surface area (Å²) in [4.78, 5) is 0.377. The van der Waals surface area contributed by atoms with Gasteiger partial charge in [0.2, 0.25) is 10.0 Å². The van der Waals surface area contributed by atoms with Crippen LogP contribution in [0.4, 0.5) is 4.39 Å². The Morgan fingerprint density at radius 2 is 1.52 bits per heavy atom. The van der Waals surface area contributed by atoms with Gasteiger partial charge in [0, 0.05) is 13.1 Å². The van der Waals surface area contributed by atoms with E-state index in [9.17, 15) is 12.8 Å². The van der Waals surface area contributed by atoms with E-state index in [0.29, 0.717) is 23.9 Å². The molecule has 0 radical (unpaired) electrons. The van der Waals surface area contributed by atoms with Crippen molar-refractivity contribution < 1.29 is 12.8 Å². The normalized spacial score (nSPS) is 16.9. The summed E-state index contributed by atoms with van der Waals surface area (Å²) in [5, 5.41) is 0. The maximum atomic E-state index is 13.0. The van der Waals surface area contributed by atoms with E-state index < -0.39 is 10.0 Å². The zero-order valence-corrected chi connectivity index (χ0v) is 15.3. The van der Waals surface area contributed by atoms with Gasteiger partial charge < -0.3 is 0 Å². The highest BCUT2D eigenvalue weighted by Gasteiger charge is 2.29. The van der Waals surface area contributed by atoms with E-state index in [1.807, 2.05) is 24.3 Å². The number of halogens is 1. The number of sulfonamides is 1. The summed E-state index contributed by atoms with van der Waals surface area (Å²) in [6.07, 6.45) is 3.45. The van der Waals surface area contributed by atoms with Gasteiger partial charge >= 0.3 is 0 Å². The fraction of sp³-hybridized carbons (Fsp3) is 0.400. The van der Waals surface area contributed by atoms with Crippen molar-refractivity contribution in [2.24, 2.45) is 5.92 Å². The highest BCUT2D eigenvalue weighted by molar-refractivity contribution is 7.89. The molecule has 25 heavy (non-hydrogen) atoms. The van der Waals surface area contributed by atoms with Crippen LogP contribution in [-0.2, 0) is 22.9 Å². The van der Waals surface area contributed by atoms with Crippen LogP contribution >= 0.6 is 0 Å². The van der Waals surface area contributed by atoms with Crippen molar-refractivity contribution in [3.05, 3.63) is 65.5 Å². The quantitative estimate of drug-likeness (QED) is 0.806. The molecule has 1 aliphatic heterocycles. The van der Waals surface area contributed by atoms with Crippen LogP contribution in [0.25, 0.3) is 0 Å². The second kappa shape index (κ2) is 7.67. The largest absolute Gasteiger partial charge is 0.243 e. The third kappa shape index (κ3) is 4.28. The van der Waals surface area contributed by atoms with Gasteiger partial charge in [-0.1, -0.05) is 31.2 Å². The van der Waals surface area contributed by atoms with Crippen molar-refractivity contribution in [3.63, 3.8) is 0 Å². The second-order valence-electron chi connectivity index (χ2n) is 6.68. The molecule has 0 unspecified atom stereocenters. The highest BCUT2D eigenvalue weighted by Crippen LogP contribution is 2.26. The van der Waals surface area contributed by atoms with Crippen molar-refractivity contribution in [1.82, 2.24) is 4.31 Å². The molecule has 134 valence electrons. The molecule has 1 saturated heterocycles. The van der Waals surface area contributed by atoms with Gasteiger partial charge in [0.05, 0.1) is 4.90 Å². The van der Waals surface area contributed by atoms with Gasteiger partial charge in [-0.2, -0.15) is 4.31 Å². The molecule has 0 spiro atoms. The lowest BCUT2D eigenvalue weighted by molar-refractivity contribution is 0.273. The summed E-state index contributed by atoms with van der Waals surface area (Å²) in [5.74, 6) is 0.220. The van der Waals surface area contributed by atoms with E-state index in [0.717, 1.165) is 36.8 Å². The Morgan fingerprint density at radius 1 is 0.960 bits per heavy atom. The molecule has 3 nitrogen and oxygen atoms in total. The maximum absolute atomic E-state index is 13.0. The van der Waals surface area contributed by atoms with Gasteiger partial charge in [0.1, 0.15) is 5.82 Å². The van der Waals surface area contributed by atoms with E-state index >= 15 is 0 Å². The minimum absolute atomic E-state index is 0.223. The fourth-order valence-electron chi connectivity index (χ4n) is 3.35. The highest BCUT2D eigenvalue weighted by atomic mass is 32.2. The average Bonchev–Trinajstić information content (AvgIpc) is 2.64. The first kappa shape index (κ1) is 18.1. The number of benzene rings is 2. The van der Waals surface area contributed by atoms with Crippen molar-refractivity contribution in [3.8, 4) is 0 Å². The maximum Gasteiger partial charge on any atom is 0.243 e. The van der Waals surface area contributed by atoms with E-state index in [4.69, 9.17) is 0 Å². The van der Waals surface area contributed by atoms with Crippen LogP contribution in [0.5, 0.6) is 0 Å². The first-order chi connectivity index (χ1) is 12.0. The number of hydrogen-bond donors (Lipinski definition) is 0. The average molecular weight is 361 g/mol. The Balaban J connectivity index is 1.61.